The Balaban J connectivity index is 2.05. The van der Waals surface area contributed by atoms with Gasteiger partial charge >= 0.3 is 0 Å². The van der Waals surface area contributed by atoms with Crippen LogP contribution in [0, 0.1) is 0 Å². The number of nitrogens with zero attached hydrogens (tertiary/aromatic N) is 3. The van der Waals surface area contributed by atoms with E-state index in [2.05, 4.69) is 9.97 Å². The zero-order chi connectivity index (χ0) is 12.1. The van der Waals surface area contributed by atoms with Crippen LogP contribution in [-0.4, -0.2) is 40.5 Å². The molecule has 5 heteroatoms. The number of hydrogen-bond acceptors (Lipinski definition) is 4. The molecule has 0 aromatic carbocycles. The van der Waals surface area contributed by atoms with Crippen LogP contribution in [0.25, 0.3) is 0 Å². The van der Waals surface area contributed by atoms with Gasteiger partial charge in [-0.3, -0.25) is 4.79 Å². The molecular formula is C12H17N3O2. The lowest BCUT2D eigenvalue weighted by Gasteiger charge is -2.23. The Morgan fingerprint density at radius 2 is 2.53 bits per heavy atom. The molecule has 1 aromatic heterocycles. The van der Waals surface area contributed by atoms with E-state index in [9.17, 15) is 4.79 Å². The SMILES string of the molecule is CCOCC(=O)N1CCCC1c1ccncn1. The summed E-state index contributed by atoms with van der Waals surface area (Å²) in [4.78, 5) is 21.9. The van der Waals surface area contributed by atoms with Crippen molar-refractivity contribution in [2.24, 2.45) is 0 Å². The van der Waals surface area contributed by atoms with Gasteiger partial charge in [0.25, 0.3) is 0 Å². The predicted molar refractivity (Wildman–Crippen MR) is 62.2 cm³/mol. The maximum atomic E-state index is 11.9. The van der Waals surface area contributed by atoms with Crippen LogP contribution in [-0.2, 0) is 9.53 Å². The predicted octanol–water partition coefficient (Wildman–Crippen LogP) is 1.18. The van der Waals surface area contributed by atoms with E-state index in [0.717, 1.165) is 25.1 Å². The van der Waals surface area contributed by atoms with Crippen molar-refractivity contribution in [3.63, 3.8) is 0 Å². The molecule has 1 amide bonds. The smallest absolute Gasteiger partial charge is 0.249 e. The molecule has 1 atom stereocenters. The molecular weight excluding hydrogens is 218 g/mol. The van der Waals surface area contributed by atoms with Crippen LogP contribution in [0.15, 0.2) is 18.6 Å². The topological polar surface area (TPSA) is 55.3 Å². The fourth-order valence-corrected chi connectivity index (χ4v) is 2.14. The Hall–Kier alpha value is -1.49. The third kappa shape index (κ3) is 2.79. The average molecular weight is 235 g/mol. The summed E-state index contributed by atoms with van der Waals surface area (Å²) in [5.74, 6) is 0.0490. The fourth-order valence-electron chi connectivity index (χ4n) is 2.14. The van der Waals surface area contributed by atoms with E-state index in [-0.39, 0.29) is 18.6 Å². The van der Waals surface area contributed by atoms with Crippen molar-refractivity contribution >= 4 is 5.91 Å². The van der Waals surface area contributed by atoms with Crippen molar-refractivity contribution in [1.29, 1.82) is 0 Å². The number of likely N-dealkylation sites (tertiary alicyclic amines) is 1. The summed E-state index contributed by atoms with van der Waals surface area (Å²) in [6.45, 7) is 3.41. The van der Waals surface area contributed by atoms with Gasteiger partial charge in [0.05, 0.1) is 11.7 Å². The van der Waals surface area contributed by atoms with Crippen LogP contribution < -0.4 is 0 Å². The average Bonchev–Trinajstić information content (AvgIpc) is 2.86. The molecule has 0 N–H and O–H groups in total. The molecule has 5 nitrogen and oxygen atoms in total. The molecule has 1 aromatic rings. The highest BCUT2D eigenvalue weighted by atomic mass is 16.5. The van der Waals surface area contributed by atoms with Crippen molar-refractivity contribution in [1.82, 2.24) is 14.9 Å². The molecule has 0 radical (unpaired) electrons. The number of amides is 1. The molecule has 0 bridgehead atoms. The summed E-state index contributed by atoms with van der Waals surface area (Å²) in [5, 5.41) is 0. The van der Waals surface area contributed by atoms with E-state index in [4.69, 9.17) is 4.74 Å². The summed E-state index contributed by atoms with van der Waals surface area (Å²) in [6.07, 6.45) is 5.23. The van der Waals surface area contributed by atoms with E-state index in [0.29, 0.717) is 6.61 Å². The molecule has 0 saturated carbocycles. The van der Waals surface area contributed by atoms with Gasteiger partial charge in [-0.25, -0.2) is 9.97 Å². The molecule has 0 spiro atoms. The molecule has 1 saturated heterocycles. The number of aromatic nitrogens is 2. The third-order valence-corrected chi connectivity index (χ3v) is 2.95. The van der Waals surface area contributed by atoms with Gasteiger partial charge in [-0.05, 0) is 25.8 Å². The third-order valence-electron chi connectivity index (χ3n) is 2.95. The molecule has 1 fully saturated rings. The fraction of sp³-hybridized carbons (Fsp3) is 0.583. The largest absolute Gasteiger partial charge is 0.372 e. The van der Waals surface area contributed by atoms with E-state index in [1.165, 1.54) is 6.33 Å². The lowest BCUT2D eigenvalue weighted by atomic mass is 10.1. The van der Waals surface area contributed by atoms with Gasteiger partial charge in [0, 0.05) is 19.3 Å². The quantitative estimate of drug-likeness (QED) is 0.786. The highest BCUT2D eigenvalue weighted by Gasteiger charge is 2.30. The van der Waals surface area contributed by atoms with Gasteiger partial charge in [0.15, 0.2) is 0 Å². The van der Waals surface area contributed by atoms with Crippen LogP contribution >= 0.6 is 0 Å². The summed E-state index contributed by atoms with van der Waals surface area (Å²) < 4.78 is 5.17. The maximum Gasteiger partial charge on any atom is 0.249 e. The minimum absolute atomic E-state index is 0.0490. The summed E-state index contributed by atoms with van der Waals surface area (Å²) in [7, 11) is 0. The molecule has 2 rings (SSSR count). The summed E-state index contributed by atoms with van der Waals surface area (Å²) >= 11 is 0. The highest BCUT2D eigenvalue weighted by Crippen LogP contribution is 2.30. The molecule has 0 aliphatic carbocycles. The van der Waals surface area contributed by atoms with E-state index in [1.54, 1.807) is 6.20 Å². The summed E-state index contributed by atoms with van der Waals surface area (Å²) in [5.41, 5.74) is 0.919. The Morgan fingerprint density at radius 1 is 1.65 bits per heavy atom. The Labute approximate surface area is 101 Å². The standard InChI is InChI=1S/C12H17N3O2/c1-2-17-8-12(16)15-7-3-4-11(15)10-5-6-13-9-14-10/h5-6,9,11H,2-4,7-8H2,1H3. The van der Waals surface area contributed by atoms with Crippen molar-refractivity contribution in [3.05, 3.63) is 24.3 Å². The van der Waals surface area contributed by atoms with Crippen molar-refractivity contribution in [2.75, 3.05) is 19.8 Å². The molecule has 17 heavy (non-hydrogen) atoms. The Bertz CT molecular complexity index is 369. The molecule has 92 valence electrons. The van der Waals surface area contributed by atoms with E-state index >= 15 is 0 Å². The van der Waals surface area contributed by atoms with Crippen LogP contribution in [0.2, 0.25) is 0 Å². The number of carbonyl (C=O) groups is 1. The second kappa shape index (κ2) is 5.72. The summed E-state index contributed by atoms with van der Waals surface area (Å²) in [6, 6.07) is 1.96. The van der Waals surface area contributed by atoms with Crippen LogP contribution in [0.3, 0.4) is 0 Å². The molecule has 1 aliphatic heterocycles. The monoisotopic (exact) mass is 235 g/mol. The molecule has 2 heterocycles. The number of hydrogen-bond donors (Lipinski definition) is 0. The Kier molecular flexibility index (Phi) is 4.03. The van der Waals surface area contributed by atoms with Crippen molar-refractivity contribution < 1.29 is 9.53 Å². The van der Waals surface area contributed by atoms with E-state index in [1.807, 2.05) is 17.9 Å². The van der Waals surface area contributed by atoms with Crippen LogP contribution in [0.5, 0.6) is 0 Å². The normalized spacial score (nSPS) is 19.6. The van der Waals surface area contributed by atoms with Crippen molar-refractivity contribution in [2.45, 2.75) is 25.8 Å². The minimum Gasteiger partial charge on any atom is -0.372 e. The van der Waals surface area contributed by atoms with Gasteiger partial charge in [0.1, 0.15) is 12.9 Å². The number of ether oxygens (including phenoxy) is 1. The first-order valence-electron chi connectivity index (χ1n) is 5.96. The van der Waals surface area contributed by atoms with E-state index < -0.39 is 0 Å². The first-order valence-corrected chi connectivity index (χ1v) is 5.96. The number of rotatable bonds is 4. The van der Waals surface area contributed by atoms with Gasteiger partial charge in [-0.1, -0.05) is 0 Å². The maximum absolute atomic E-state index is 11.9. The van der Waals surface area contributed by atoms with Gasteiger partial charge in [0.2, 0.25) is 5.91 Å². The minimum atomic E-state index is 0.0490. The zero-order valence-electron chi connectivity index (χ0n) is 10.0. The lowest BCUT2D eigenvalue weighted by Crippen LogP contribution is -2.33. The lowest BCUT2D eigenvalue weighted by molar-refractivity contribution is -0.137. The highest BCUT2D eigenvalue weighted by molar-refractivity contribution is 5.78. The second-order valence-corrected chi connectivity index (χ2v) is 4.02. The number of carbonyl (C=O) groups excluding carboxylic acids is 1. The first kappa shape index (κ1) is 12.0. The molecule has 1 aliphatic rings. The first-order chi connectivity index (χ1) is 8.33. The van der Waals surface area contributed by atoms with Gasteiger partial charge in [-0.2, -0.15) is 0 Å². The zero-order valence-corrected chi connectivity index (χ0v) is 10.0. The van der Waals surface area contributed by atoms with Crippen molar-refractivity contribution in [3.8, 4) is 0 Å². The Morgan fingerprint density at radius 3 is 3.24 bits per heavy atom. The van der Waals surface area contributed by atoms with Crippen LogP contribution in [0.1, 0.15) is 31.5 Å². The van der Waals surface area contributed by atoms with Gasteiger partial charge in [-0.15, -0.1) is 0 Å². The van der Waals surface area contributed by atoms with Crippen LogP contribution in [0.4, 0.5) is 0 Å². The van der Waals surface area contributed by atoms with Gasteiger partial charge < -0.3 is 9.64 Å². The molecule has 1 unspecified atom stereocenters. The second-order valence-electron chi connectivity index (χ2n) is 4.02.